The van der Waals surface area contributed by atoms with Gasteiger partial charge in [-0.25, -0.2) is 4.99 Å². The second-order valence-corrected chi connectivity index (χ2v) is 8.15. The molecule has 2 atom stereocenters. The van der Waals surface area contributed by atoms with Gasteiger partial charge in [0.2, 0.25) is 5.96 Å². The summed E-state index contributed by atoms with van der Waals surface area (Å²) in [7, 11) is 0. The number of likely N-dealkylation sites (tertiary alicyclic amines) is 1. The summed E-state index contributed by atoms with van der Waals surface area (Å²) in [6, 6.07) is 0.736. The molecule has 0 aromatic carbocycles. The molecule has 166 valence electrons. The Hall–Kier alpha value is -2.11. The predicted octanol–water partition coefficient (Wildman–Crippen LogP) is 2.11. The third-order valence-corrected chi connectivity index (χ3v) is 6.08. The van der Waals surface area contributed by atoms with E-state index in [0.717, 1.165) is 51.0 Å². The minimum atomic E-state index is -4.55. The SMILES string of the molecule is CCC1(N)N=C(Nc2cn([C@H]3CCCN(C4COC4)C3)nc2C)NC=C1C(F)(F)F. The van der Waals surface area contributed by atoms with E-state index in [1.54, 1.807) is 6.92 Å². The zero-order valence-corrected chi connectivity index (χ0v) is 17.2. The number of guanidine groups is 1. The molecule has 0 amide bonds. The second kappa shape index (κ2) is 7.86. The average Bonchev–Trinajstić information content (AvgIpc) is 3.00. The van der Waals surface area contributed by atoms with Gasteiger partial charge in [0.1, 0.15) is 5.66 Å². The van der Waals surface area contributed by atoms with E-state index in [0.29, 0.717) is 11.7 Å². The Balaban J connectivity index is 1.48. The van der Waals surface area contributed by atoms with Crippen LogP contribution in [0.15, 0.2) is 23.0 Å². The number of hydrogen-bond acceptors (Lipinski definition) is 7. The van der Waals surface area contributed by atoms with Gasteiger partial charge >= 0.3 is 6.18 Å². The first-order chi connectivity index (χ1) is 14.2. The van der Waals surface area contributed by atoms with Crippen molar-refractivity contribution < 1.29 is 17.9 Å². The van der Waals surface area contributed by atoms with Gasteiger partial charge in [0.15, 0.2) is 0 Å². The Morgan fingerprint density at radius 3 is 2.77 bits per heavy atom. The topological polar surface area (TPSA) is 92.7 Å². The molecule has 2 fully saturated rings. The Kier molecular flexibility index (Phi) is 5.54. The van der Waals surface area contributed by atoms with E-state index in [-0.39, 0.29) is 18.4 Å². The van der Waals surface area contributed by atoms with Crippen LogP contribution in [0.25, 0.3) is 0 Å². The molecule has 4 N–H and O–H groups in total. The summed E-state index contributed by atoms with van der Waals surface area (Å²) in [6.45, 7) is 6.99. The van der Waals surface area contributed by atoms with Crippen LogP contribution in [-0.4, -0.2) is 64.8 Å². The van der Waals surface area contributed by atoms with E-state index < -0.39 is 17.4 Å². The summed E-state index contributed by atoms with van der Waals surface area (Å²) in [5.41, 5.74) is 4.67. The largest absolute Gasteiger partial charge is 0.417 e. The van der Waals surface area contributed by atoms with Gasteiger partial charge in [-0.05, 0) is 32.7 Å². The number of anilines is 1. The van der Waals surface area contributed by atoms with Crippen molar-refractivity contribution in [3.63, 3.8) is 0 Å². The molecular weight excluding hydrogens is 399 g/mol. The average molecular weight is 427 g/mol. The highest BCUT2D eigenvalue weighted by molar-refractivity contribution is 5.95. The summed E-state index contributed by atoms with van der Waals surface area (Å²) in [5.74, 6) is 0.173. The van der Waals surface area contributed by atoms with Gasteiger partial charge in [-0.2, -0.15) is 18.3 Å². The van der Waals surface area contributed by atoms with Crippen LogP contribution < -0.4 is 16.4 Å². The highest BCUT2D eigenvalue weighted by atomic mass is 19.4. The van der Waals surface area contributed by atoms with Crippen molar-refractivity contribution in [2.24, 2.45) is 10.7 Å². The van der Waals surface area contributed by atoms with Crippen molar-refractivity contribution in [1.82, 2.24) is 20.0 Å². The van der Waals surface area contributed by atoms with Crippen LogP contribution in [0.4, 0.5) is 18.9 Å². The maximum atomic E-state index is 13.3. The van der Waals surface area contributed by atoms with Gasteiger partial charge in [-0.15, -0.1) is 0 Å². The van der Waals surface area contributed by atoms with Crippen molar-refractivity contribution in [2.45, 2.75) is 57.0 Å². The number of nitrogens with zero attached hydrogens (tertiary/aromatic N) is 4. The number of alkyl halides is 3. The third kappa shape index (κ3) is 4.06. The summed E-state index contributed by atoms with van der Waals surface area (Å²) in [5, 5.41) is 10.3. The Morgan fingerprint density at radius 2 is 2.13 bits per heavy atom. The Labute approximate surface area is 173 Å². The molecule has 2 saturated heterocycles. The van der Waals surface area contributed by atoms with Crippen LogP contribution in [0, 0.1) is 6.92 Å². The third-order valence-electron chi connectivity index (χ3n) is 6.08. The van der Waals surface area contributed by atoms with Crippen LogP contribution in [0.3, 0.4) is 0 Å². The van der Waals surface area contributed by atoms with Crippen molar-refractivity contribution in [3.05, 3.63) is 23.7 Å². The molecule has 1 aromatic rings. The lowest BCUT2D eigenvalue weighted by Crippen LogP contribution is -2.52. The standard InChI is InChI=1S/C19H28F3N7O/c1-3-18(23)16(19(20,21)22)7-24-17(26-18)25-15-9-29(27-12(15)2)13-5-4-6-28(8-13)14-10-30-11-14/h7,9,13-14H,3-6,8,10-11,23H2,1-2H3,(H2,24,25,26)/t13-,18?/m0/s1. The van der Waals surface area contributed by atoms with E-state index in [1.165, 1.54) is 0 Å². The lowest BCUT2D eigenvalue weighted by atomic mass is 9.97. The maximum Gasteiger partial charge on any atom is 0.417 e. The Morgan fingerprint density at radius 1 is 1.37 bits per heavy atom. The van der Waals surface area contributed by atoms with Gasteiger partial charge in [0, 0.05) is 18.9 Å². The van der Waals surface area contributed by atoms with Gasteiger partial charge in [0.05, 0.1) is 42.3 Å². The van der Waals surface area contributed by atoms with Crippen LogP contribution in [0.2, 0.25) is 0 Å². The van der Waals surface area contributed by atoms with Crippen molar-refractivity contribution in [1.29, 1.82) is 0 Å². The van der Waals surface area contributed by atoms with Gasteiger partial charge in [-0.3, -0.25) is 9.58 Å². The molecule has 0 radical (unpaired) electrons. The molecule has 0 saturated carbocycles. The molecule has 8 nitrogen and oxygen atoms in total. The van der Waals surface area contributed by atoms with E-state index in [2.05, 4.69) is 25.6 Å². The first-order valence-electron chi connectivity index (χ1n) is 10.3. The molecule has 11 heteroatoms. The molecule has 4 heterocycles. The fourth-order valence-corrected chi connectivity index (χ4v) is 4.10. The number of aryl methyl sites for hydroxylation is 1. The fourth-order valence-electron chi connectivity index (χ4n) is 4.10. The second-order valence-electron chi connectivity index (χ2n) is 8.15. The predicted molar refractivity (Wildman–Crippen MR) is 107 cm³/mol. The monoisotopic (exact) mass is 427 g/mol. The maximum absolute atomic E-state index is 13.3. The number of aromatic nitrogens is 2. The number of hydrogen-bond donors (Lipinski definition) is 3. The highest BCUT2D eigenvalue weighted by Crippen LogP contribution is 2.36. The van der Waals surface area contributed by atoms with Crippen molar-refractivity contribution in [2.75, 3.05) is 31.6 Å². The molecule has 0 bridgehead atoms. The van der Waals surface area contributed by atoms with E-state index >= 15 is 0 Å². The minimum absolute atomic E-state index is 0.0201. The van der Waals surface area contributed by atoms with Gasteiger partial charge in [-0.1, -0.05) is 6.92 Å². The highest BCUT2D eigenvalue weighted by Gasteiger charge is 2.47. The van der Waals surface area contributed by atoms with E-state index in [4.69, 9.17) is 10.5 Å². The molecule has 0 spiro atoms. The number of piperidine rings is 1. The summed E-state index contributed by atoms with van der Waals surface area (Å²) >= 11 is 0. The summed E-state index contributed by atoms with van der Waals surface area (Å²) in [6.07, 6.45) is 0.367. The van der Waals surface area contributed by atoms with E-state index in [9.17, 15) is 13.2 Å². The van der Waals surface area contributed by atoms with Gasteiger partial charge < -0.3 is 21.1 Å². The fraction of sp³-hybridized carbons (Fsp3) is 0.684. The molecular formula is C19H28F3N7O. The number of nitrogens with two attached hydrogens (primary N) is 1. The van der Waals surface area contributed by atoms with Crippen LogP contribution in [-0.2, 0) is 4.74 Å². The summed E-state index contributed by atoms with van der Waals surface area (Å²) < 4.78 is 47.1. The number of halogens is 3. The lowest BCUT2D eigenvalue weighted by Gasteiger charge is -2.42. The molecule has 1 unspecified atom stereocenters. The zero-order chi connectivity index (χ0) is 21.5. The normalized spacial score (nSPS) is 28.4. The lowest BCUT2D eigenvalue weighted by molar-refractivity contribution is -0.101. The quantitative estimate of drug-likeness (QED) is 0.682. The number of ether oxygens (including phenoxy) is 1. The summed E-state index contributed by atoms with van der Waals surface area (Å²) in [4.78, 5) is 6.56. The Bertz CT molecular complexity index is 846. The minimum Gasteiger partial charge on any atom is -0.378 e. The molecule has 4 rings (SSSR count). The first-order valence-corrected chi connectivity index (χ1v) is 10.3. The first kappa shape index (κ1) is 21.1. The molecule has 1 aromatic heterocycles. The molecule has 0 aliphatic carbocycles. The number of aliphatic imine (C=N–C) groups is 1. The molecule has 3 aliphatic rings. The van der Waals surface area contributed by atoms with E-state index in [1.807, 2.05) is 17.8 Å². The molecule has 3 aliphatic heterocycles. The van der Waals surface area contributed by atoms with Crippen LogP contribution in [0.5, 0.6) is 0 Å². The van der Waals surface area contributed by atoms with Gasteiger partial charge in [0.25, 0.3) is 0 Å². The smallest absolute Gasteiger partial charge is 0.378 e. The molecule has 30 heavy (non-hydrogen) atoms. The van der Waals surface area contributed by atoms with Crippen molar-refractivity contribution >= 4 is 11.6 Å². The van der Waals surface area contributed by atoms with Crippen LogP contribution >= 0.6 is 0 Å². The van der Waals surface area contributed by atoms with Crippen molar-refractivity contribution in [3.8, 4) is 0 Å². The zero-order valence-electron chi connectivity index (χ0n) is 17.2. The van der Waals surface area contributed by atoms with Crippen LogP contribution in [0.1, 0.15) is 37.9 Å². The number of nitrogens with one attached hydrogen (secondary N) is 2. The number of rotatable bonds is 4.